The number of hydrogen-bond acceptors (Lipinski definition) is 5. The molecule has 2 atom stereocenters. The average molecular weight is 566 g/mol. The minimum atomic E-state index is -4.18. The van der Waals surface area contributed by atoms with E-state index in [1.165, 1.54) is 24.1 Å². The van der Waals surface area contributed by atoms with Gasteiger partial charge in [0.2, 0.25) is 11.8 Å². The molecule has 214 valence electrons. The highest BCUT2D eigenvalue weighted by Gasteiger charge is 2.34. The van der Waals surface area contributed by atoms with E-state index in [1.54, 1.807) is 37.3 Å². The van der Waals surface area contributed by atoms with Crippen molar-refractivity contribution in [3.63, 3.8) is 0 Å². The van der Waals surface area contributed by atoms with Gasteiger partial charge in [0.25, 0.3) is 10.0 Å². The van der Waals surface area contributed by atoms with Crippen molar-refractivity contribution in [2.45, 2.75) is 64.6 Å². The van der Waals surface area contributed by atoms with Crippen LogP contribution < -0.4 is 14.4 Å². The molecule has 0 aliphatic carbocycles. The van der Waals surface area contributed by atoms with Gasteiger partial charge < -0.3 is 15.0 Å². The predicted octanol–water partition coefficient (Wildman–Crippen LogP) is 4.84. The molecule has 8 nitrogen and oxygen atoms in total. The average Bonchev–Trinajstić information content (AvgIpc) is 2.95. The Morgan fingerprint density at radius 3 is 2.23 bits per heavy atom. The second kappa shape index (κ2) is 13.5. The summed E-state index contributed by atoms with van der Waals surface area (Å²) in [6.07, 6.45) is 0.737. The van der Waals surface area contributed by atoms with Crippen molar-refractivity contribution in [1.29, 1.82) is 0 Å². The van der Waals surface area contributed by atoms with E-state index in [9.17, 15) is 18.0 Å². The topological polar surface area (TPSA) is 96.0 Å². The number of ether oxygens (including phenoxy) is 1. The number of anilines is 1. The number of nitrogens with zero attached hydrogens (tertiary/aromatic N) is 2. The van der Waals surface area contributed by atoms with Gasteiger partial charge in [-0.25, -0.2) is 8.42 Å². The van der Waals surface area contributed by atoms with Crippen LogP contribution in [-0.2, 0) is 26.2 Å². The number of benzene rings is 3. The number of methoxy groups -OCH3 is 1. The number of carbonyl (C=O) groups is 2. The summed E-state index contributed by atoms with van der Waals surface area (Å²) in [5.41, 5.74) is 2.87. The van der Waals surface area contributed by atoms with Crippen molar-refractivity contribution in [3.8, 4) is 5.75 Å². The highest BCUT2D eigenvalue weighted by Crippen LogP contribution is 2.33. The Morgan fingerprint density at radius 2 is 1.60 bits per heavy atom. The number of amides is 2. The maximum atomic E-state index is 14.1. The van der Waals surface area contributed by atoms with Crippen molar-refractivity contribution < 1.29 is 22.7 Å². The lowest BCUT2D eigenvalue weighted by atomic mass is 10.1. The molecule has 0 fully saturated rings. The van der Waals surface area contributed by atoms with Gasteiger partial charge in [-0.05, 0) is 75.1 Å². The number of aryl methyl sites for hydroxylation is 2. The number of hydrogen-bond donors (Lipinski definition) is 1. The van der Waals surface area contributed by atoms with Crippen molar-refractivity contribution in [3.05, 3.63) is 89.5 Å². The largest absolute Gasteiger partial charge is 0.495 e. The summed E-state index contributed by atoms with van der Waals surface area (Å²) >= 11 is 0. The van der Waals surface area contributed by atoms with Crippen molar-refractivity contribution in [2.75, 3.05) is 18.0 Å². The lowest BCUT2D eigenvalue weighted by molar-refractivity contribution is -0.139. The molecule has 0 aliphatic rings. The second-order valence-corrected chi connectivity index (χ2v) is 11.8. The van der Waals surface area contributed by atoms with Crippen LogP contribution in [0.15, 0.2) is 77.7 Å². The maximum absolute atomic E-state index is 14.1. The van der Waals surface area contributed by atoms with Crippen molar-refractivity contribution in [1.82, 2.24) is 10.2 Å². The first-order chi connectivity index (χ1) is 19.0. The zero-order valence-corrected chi connectivity index (χ0v) is 24.9. The molecular weight excluding hydrogens is 526 g/mol. The van der Waals surface area contributed by atoms with Gasteiger partial charge in [0.05, 0.1) is 17.7 Å². The van der Waals surface area contributed by atoms with Crippen LogP contribution in [0.3, 0.4) is 0 Å². The van der Waals surface area contributed by atoms with Crippen LogP contribution in [-0.4, -0.2) is 50.9 Å². The number of sulfonamides is 1. The molecule has 0 saturated heterocycles. The minimum absolute atomic E-state index is 0.0411. The Bertz CT molecular complexity index is 1430. The molecule has 0 bridgehead atoms. The zero-order valence-electron chi connectivity index (χ0n) is 24.0. The molecule has 0 unspecified atom stereocenters. The minimum Gasteiger partial charge on any atom is -0.495 e. The van der Waals surface area contributed by atoms with Gasteiger partial charge in [0, 0.05) is 12.6 Å². The van der Waals surface area contributed by atoms with Gasteiger partial charge in [-0.15, -0.1) is 0 Å². The van der Waals surface area contributed by atoms with Crippen LogP contribution >= 0.6 is 0 Å². The number of nitrogens with one attached hydrogen (secondary N) is 1. The Kier molecular flexibility index (Phi) is 10.3. The molecule has 3 rings (SSSR count). The fourth-order valence-electron chi connectivity index (χ4n) is 4.25. The Labute approximate surface area is 238 Å². The summed E-state index contributed by atoms with van der Waals surface area (Å²) in [4.78, 5) is 28.8. The summed E-state index contributed by atoms with van der Waals surface area (Å²) in [5, 5.41) is 2.95. The van der Waals surface area contributed by atoms with E-state index in [0.29, 0.717) is 5.75 Å². The van der Waals surface area contributed by atoms with Gasteiger partial charge in [-0.2, -0.15) is 0 Å². The molecule has 1 N–H and O–H groups in total. The third-order valence-electron chi connectivity index (χ3n) is 6.98. The quantitative estimate of drug-likeness (QED) is 0.339. The van der Waals surface area contributed by atoms with Crippen molar-refractivity contribution in [2.24, 2.45) is 0 Å². The lowest BCUT2D eigenvalue weighted by Gasteiger charge is -2.33. The summed E-state index contributed by atoms with van der Waals surface area (Å²) < 4.78 is 34.6. The lowest BCUT2D eigenvalue weighted by Crippen LogP contribution is -2.52. The standard InChI is InChI=1S/C31H39N3O5S/c1-7-24(4)32-31(36)25(5)33(20-26-14-12-11-13-23(26)3)30(35)21-34(28-19-22(2)17-18-29(28)39-6)40(37,38)27-15-9-8-10-16-27/h8-19,24-25H,7,20-21H2,1-6H3,(H,32,36)/t24-,25-/m1/s1. The molecule has 3 aromatic rings. The second-order valence-electron chi connectivity index (χ2n) is 9.94. The molecular formula is C31H39N3O5S. The fourth-order valence-corrected chi connectivity index (χ4v) is 5.68. The highest BCUT2D eigenvalue weighted by molar-refractivity contribution is 7.92. The highest BCUT2D eigenvalue weighted by atomic mass is 32.2. The Hall–Kier alpha value is -3.85. The van der Waals surface area contributed by atoms with E-state index in [0.717, 1.165) is 27.4 Å². The van der Waals surface area contributed by atoms with Gasteiger partial charge in [-0.3, -0.25) is 13.9 Å². The molecule has 0 aliphatic heterocycles. The van der Waals surface area contributed by atoms with Crippen molar-refractivity contribution >= 4 is 27.5 Å². The third kappa shape index (κ3) is 7.21. The SMILES string of the molecule is CC[C@@H](C)NC(=O)[C@@H](C)N(Cc1ccccc1C)C(=O)CN(c1cc(C)ccc1OC)S(=O)(=O)c1ccccc1. The number of rotatable bonds is 12. The molecule has 2 amide bonds. The summed E-state index contributed by atoms with van der Waals surface area (Å²) in [6.45, 7) is 8.92. The van der Waals surface area contributed by atoms with Crippen LogP contribution in [0.5, 0.6) is 5.75 Å². The van der Waals surface area contributed by atoms with E-state index in [-0.39, 0.29) is 29.1 Å². The summed E-state index contributed by atoms with van der Waals surface area (Å²) in [7, 11) is -2.72. The fraction of sp³-hybridized carbons (Fsp3) is 0.355. The van der Waals surface area contributed by atoms with Gasteiger partial charge in [0.15, 0.2) is 0 Å². The predicted molar refractivity (Wildman–Crippen MR) is 158 cm³/mol. The number of carbonyl (C=O) groups excluding carboxylic acids is 2. The van der Waals surface area contributed by atoms with Crippen LogP contribution in [0.25, 0.3) is 0 Å². The Morgan fingerprint density at radius 1 is 0.950 bits per heavy atom. The summed E-state index contributed by atoms with van der Waals surface area (Å²) in [5.74, 6) is -0.508. The van der Waals surface area contributed by atoms with Crippen LogP contribution in [0.2, 0.25) is 0 Å². The van der Waals surface area contributed by atoms with Gasteiger partial charge in [0.1, 0.15) is 18.3 Å². The van der Waals surface area contributed by atoms with E-state index >= 15 is 0 Å². The van der Waals surface area contributed by atoms with E-state index in [1.807, 2.05) is 58.0 Å². The smallest absolute Gasteiger partial charge is 0.264 e. The van der Waals surface area contributed by atoms with Crippen LogP contribution in [0.1, 0.15) is 43.9 Å². The van der Waals surface area contributed by atoms with Crippen LogP contribution in [0, 0.1) is 13.8 Å². The first-order valence-electron chi connectivity index (χ1n) is 13.4. The first kappa shape index (κ1) is 30.7. The molecule has 0 spiro atoms. The normalized spacial score (nSPS) is 12.8. The molecule has 3 aromatic carbocycles. The van der Waals surface area contributed by atoms with Gasteiger partial charge >= 0.3 is 0 Å². The molecule has 0 saturated carbocycles. The van der Waals surface area contributed by atoms with E-state index in [4.69, 9.17) is 4.74 Å². The monoisotopic (exact) mass is 565 g/mol. The molecule has 0 heterocycles. The molecule has 9 heteroatoms. The molecule has 40 heavy (non-hydrogen) atoms. The maximum Gasteiger partial charge on any atom is 0.264 e. The zero-order chi connectivity index (χ0) is 29.4. The molecule has 0 aromatic heterocycles. The van der Waals surface area contributed by atoms with E-state index < -0.39 is 28.5 Å². The first-order valence-corrected chi connectivity index (χ1v) is 14.8. The van der Waals surface area contributed by atoms with Gasteiger partial charge in [-0.1, -0.05) is 55.5 Å². The Balaban J connectivity index is 2.09. The van der Waals surface area contributed by atoms with Crippen LogP contribution in [0.4, 0.5) is 5.69 Å². The van der Waals surface area contributed by atoms with E-state index in [2.05, 4.69) is 5.32 Å². The third-order valence-corrected chi connectivity index (χ3v) is 8.76. The summed E-state index contributed by atoms with van der Waals surface area (Å²) in [6, 6.07) is 19.8. The molecule has 0 radical (unpaired) electrons.